The third-order valence-corrected chi connectivity index (χ3v) is 11.7. The number of carboxylic acid groups (broad SMARTS) is 1. The number of amides is 1. The van der Waals surface area contributed by atoms with Crippen molar-refractivity contribution in [3.8, 4) is 11.1 Å². The molecule has 8 heteroatoms. The molecule has 0 saturated carbocycles. The number of benzene rings is 2. The Morgan fingerprint density at radius 1 is 1.00 bits per heavy atom. The SMILES string of the molecule is COC(=O)[As](C1c2ccccc2-c2ccccc21)[C@@H](CCCCNC(=O)OC(C)(C)C)C(=O)O. The number of carboxylic acids is 1. The van der Waals surface area contributed by atoms with Crippen molar-refractivity contribution in [3.63, 3.8) is 0 Å². The summed E-state index contributed by atoms with van der Waals surface area (Å²) in [5.74, 6) is -0.965. The van der Waals surface area contributed by atoms with Crippen LogP contribution in [0, 0.1) is 0 Å². The Labute approximate surface area is 205 Å². The van der Waals surface area contributed by atoms with E-state index in [0.717, 1.165) is 22.3 Å². The summed E-state index contributed by atoms with van der Waals surface area (Å²) in [4.78, 5) is 37.3. The molecule has 182 valence electrons. The average Bonchev–Trinajstić information content (AvgIpc) is 3.11. The van der Waals surface area contributed by atoms with Crippen LogP contribution >= 0.6 is 0 Å². The average molecular weight is 529 g/mol. The molecule has 0 fully saturated rings. The quantitative estimate of drug-likeness (QED) is 0.336. The molecule has 34 heavy (non-hydrogen) atoms. The number of rotatable bonds is 9. The Balaban J connectivity index is 1.78. The summed E-state index contributed by atoms with van der Waals surface area (Å²) in [5.41, 5.74) is 3.54. The van der Waals surface area contributed by atoms with Crippen LogP contribution in [0.3, 0.4) is 0 Å². The van der Waals surface area contributed by atoms with Crippen LogP contribution < -0.4 is 5.32 Å². The number of unbranched alkanes of at least 4 members (excludes halogenated alkanes) is 1. The van der Waals surface area contributed by atoms with Gasteiger partial charge in [0.1, 0.15) is 0 Å². The van der Waals surface area contributed by atoms with Crippen molar-refractivity contribution in [2.75, 3.05) is 13.7 Å². The fourth-order valence-electron chi connectivity index (χ4n) is 4.30. The molecule has 0 bridgehead atoms. The van der Waals surface area contributed by atoms with E-state index >= 15 is 0 Å². The molecule has 0 aliphatic heterocycles. The predicted octanol–water partition coefficient (Wildman–Crippen LogP) is 5.33. The van der Waals surface area contributed by atoms with Crippen LogP contribution in [-0.4, -0.2) is 55.8 Å². The van der Waals surface area contributed by atoms with Crippen molar-refractivity contribution >= 4 is 31.5 Å². The van der Waals surface area contributed by atoms with E-state index in [1.165, 1.54) is 7.11 Å². The van der Waals surface area contributed by atoms with Crippen LogP contribution in [0.4, 0.5) is 9.59 Å². The Morgan fingerprint density at radius 2 is 1.56 bits per heavy atom. The third-order valence-electron chi connectivity index (χ3n) is 5.66. The Bertz CT molecular complexity index is 1000. The number of methoxy groups -OCH3 is 1. The maximum atomic E-state index is 13.1. The third kappa shape index (κ3) is 6.01. The van der Waals surface area contributed by atoms with E-state index in [-0.39, 0.29) is 9.46 Å². The van der Waals surface area contributed by atoms with Gasteiger partial charge in [-0.05, 0) is 0 Å². The second kappa shape index (κ2) is 11.1. The molecule has 0 saturated heterocycles. The number of carbonyl (C=O) groups excluding carboxylic acids is 2. The molecular formula is C26H32AsNO6. The van der Waals surface area contributed by atoms with Gasteiger partial charge in [0.05, 0.1) is 0 Å². The zero-order chi connectivity index (χ0) is 24.9. The predicted molar refractivity (Wildman–Crippen MR) is 131 cm³/mol. The van der Waals surface area contributed by atoms with Crippen molar-refractivity contribution in [1.29, 1.82) is 0 Å². The van der Waals surface area contributed by atoms with Crippen molar-refractivity contribution in [1.82, 2.24) is 5.32 Å². The minimum atomic E-state index is -2.79. The van der Waals surface area contributed by atoms with Crippen LogP contribution in [-0.2, 0) is 14.3 Å². The molecule has 3 rings (SSSR count). The Morgan fingerprint density at radius 3 is 2.06 bits per heavy atom. The number of ether oxygens (including phenoxy) is 2. The van der Waals surface area contributed by atoms with Gasteiger partial charge < -0.3 is 0 Å². The van der Waals surface area contributed by atoms with Gasteiger partial charge in [-0.25, -0.2) is 0 Å². The first-order valence-corrected chi connectivity index (χ1v) is 14.5. The van der Waals surface area contributed by atoms with Crippen LogP contribution in [0.15, 0.2) is 48.5 Å². The summed E-state index contributed by atoms with van der Waals surface area (Å²) in [6.45, 7) is 5.76. The summed E-state index contributed by atoms with van der Waals surface area (Å²) >= 11 is -2.79. The van der Waals surface area contributed by atoms with Gasteiger partial charge in [-0.2, -0.15) is 0 Å². The molecule has 1 aliphatic rings. The second-order valence-corrected chi connectivity index (χ2v) is 14.1. The first-order chi connectivity index (χ1) is 16.1. The molecular weight excluding hydrogens is 497 g/mol. The summed E-state index contributed by atoms with van der Waals surface area (Å²) in [5, 5.41) is 12.9. The molecule has 0 heterocycles. The number of fused-ring (bicyclic) bond motifs is 3. The minimum absolute atomic E-state index is 0.256. The van der Waals surface area contributed by atoms with Crippen LogP contribution in [0.5, 0.6) is 0 Å². The maximum absolute atomic E-state index is 13.1. The zero-order valence-corrected chi connectivity index (χ0v) is 21.9. The number of alkyl carbamates (subject to hydrolysis) is 1. The van der Waals surface area contributed by atoms with Crippen LogP contribution in [0.25, 0.3) is 11.1 Å². The number of carbonyl (C=O) groups is 3. The first-order valence-electron chi connectivity index (χ1n) is 11.4. The van der Waals surface area contributed by atoms with E-state index in [0.29, 0.717) is 25.8 Å². The fourth-order valence-corrected chi connectivity index (χ4v) is 10.1. The summed E-state index contributed by atoms with van der Waals surface area (Å²) in [6.07, 6.45) is 1.00. The van der Waals surface area contributed by atoms with Crippen molar-refractivity contribution < 1.29 is 29.0 Å². The molecule has 0 aromatic heterocycles. The Kier molecular flexibility index (Phi) is 8.42. The van der Waals surface area contributed by atoms with E-state index in [9.17, 15) is 19.5 Å². The molecule has 1 aliphatic carbocycles. The molecule has 2 aromatic carbocycles. The number of nitrogens with one attached hydrogen (secondary N) is 1. The monoisotopic (exact) mass is 529 g/mol. The van der Waals surface area contributed by atoms with E-state index < -0.39 is 37.0 Å². The Hall–Kier alpha value is -2.79. The van der Waals surface area contributed by atoms with Crippen LogP contribution in [0.2, 0.25) is 4.71 Å². The van der Waals surface area contributed by atoms with E-state index in [2.05, 4.69) is 5.32 Å². The van der Waals surface area contributed by atoms with Gasteiger partial charge in [0.25, 0.3) is 0 Å². The topological polar surface area (TPSA) is 102 Å². The molecule has 0 spiro atoms. The summed E-state index contributed by atoms with van der Waals surface area (Å²) < 4.78 is 8.98. The van der Waals surface area contributed by atoms with Crippen molar-refractivity contribution in [3.05, 3.63) is 59.7 Å². The van der Waals surface area contributed by atoms with Crippen molar-refractivity contribution in [2.45, 2.75) is 55.0 Å². The van der Waals surface area contributed by atoms with Gasteiger partial charge in [-0.1, -0.05) is 0 Å². The summed E-state index contributed by atoms with van der Waals surface area (Å²) in [7, 11) is 1.33. The molecule has 7 nitrogen and oxygen atoms in total. The van der Waals surface area contributed by atoms with Gasteiger partial charge in [0, 0.05) is 0 Å². The molecule has 2 aromatic rings. The fraction of sp³-hybridized carbons (Fsp3) is 0.423. The van der Waals surface area contributed by atoms with Crippen molar-refractivity contribution in [2.24, 2.45) is 0 Å². The zero-order valence-electron chi connectivity index (χ0n) is 20.0. The normalized spacial score (nSPS) is 14.5. The van der Waals surface area contributed by atoms with Gasteiger partial charge in [-0.3, -0.25) is 0 Å². The number of hydrogen-bond acceptors (Lipinski definition) is 5. The summed E-state index contributed by atoms with van der Waals surface area (Å²) in [6, 6.07) is 15.8. The number of hydrogen-bond donors (Lipinski definition) is 2. The molecule has 2 atom stereocenters. The standard InChI is InChI=1S/C26H32AsNO6/c1-26(2,3)34-25(32)28-16-10-9-15-21(23(29)30)27(24(31)33-4)22-19-13-7-5-11-17(19)18-12-6-8-14-20(18)22/h5-8,11-14,21-22H,9-10,15-16H2,1-4H3,(H,28,32)(H,29,30)/t21-,27?/m0/s1. The molecule has 1 amide bonds. The van der Waals surface area contributed by atoms with E-state index in [4.69, 9.17) is 9.47 Å². The molecule has 0 radical (unpaired) electrons. The number of aliphatic carboxylic acids is 1. The molecule has 1 unspecified atom stereocenters. The van der Waals surface area contributed by atoms with Gasteiger partial charge in [-0.15, -0.1) is 0 Å². The van der Waals surface area contributed by atoms with Gasteiger partial charge >= 0.3 is 205 Å². The van der Waals surface area contributed by atoms with E-state index in [1.54, 1.807) is 20.8 Å². The molecule has 2 N–H and O–H groups in total. The van der Waals surface area contributed by atoms with Crippen LogP contribution in [0.1, 0.15) is 55.9 Å². The first kappa shape index (κ1) is 25.8. The van der Waals surface area contributed by atoms with E-state index in [1.807, 2.05) is 48.5 Å². The van der Waals surface area contributed by atoms with Gasteiger partial charge in [0.15, 0.2) is 0 Å². The second-order valence-electron chi connectivity index (χ2n) is 9.23. The van der Waals surface area contributed by atoms with Gasteiger partial charge in [0.2, 0.25) is 0 Å².